The predicted octanol–water partition coefficient (Wildman–Crippen LogP) is 3.93. The molecule has 28 heavy (non-hydrogen) atoms. The van der Waals surface area contributed by atoms with E-state index >= 15 is 0 Å². The molecule has 2 heterocycles. The molecule has 5 nitrogen and oxygen atoms in total. The fraction of sp³-hybridized carbons (Fsp3) is 0.364. The van der Waals surface area contributed by atoms with Crippen molar-refractivity contribution in [2.24, 2.45) is 0 Å². The zero-order valence-electron chi connectivity index (χ0n) is 16.3. The van der Waals surface area contributed by atoms with Gasteiger partial charge in [0.05, 0.1) is 23.6 Å². The maximum absolute atomic E-state index is 13.2. The van der Waals surface area contributed by atoms with Gasteiger partial charge in [-0.2, -0.15) is 0 Å². The van der Waals surface area contributed by atoms with Crippen molar-refractivity contribution >= 4 is 28.4 Å². The summed E-state index contributed by atoms with van der Waals surface area (Å²) in [6.45, 7) is 1.34. The first-order chi connectivity index (χ1) is 13.6. The zero-order valence-corrected chi connectivity index (χ0v) is 17.1. The van der Waals surface area contributed by atoms with Gasteiger partial charge in [-0.1, -0.05) is 42.1 Å². The van der Waals surface area contributed by atoms with E-state index in [-0.39, 0.29) is 11.7 Å². The van der Waals surface area contributed by atoms with Gasteiger partial charge in [0.2, 0.25) is 0 Å². The Morgan fingerprint density at radius 1 is 1.18 bits per heavy atom. The molecule has 4 rings (SSSR count). The van der Waals surface area contributed by atoms with Crippen molar-refractivity contribution in [3.8, 4) is 0 Å². The van der Waals surface area contributed by atoms with E-state index in [1.54, 1.807) is 16.3 Å². The lowest BCUT2D eigenvalue weighted by Gasteiger charge is -2.19. The Morgan fingerprint density at radius 2 is 1.96 bits per heavy atom. The summed E-state index contributed by atoms with van der Waals surface area (Å²) >= 11 is 1.61. The van der Waals surface area contributed by atoms with Crippen LogP contribution in [0.15, 0.2) is 58.5 Å². The number of rotatable bonds is 6. The summed E-state index contributed by atoms with van der Waals surface area (Å²) in [5, 5.41) is 1.42. The second kappa shape index (κ2) is 8.37. The maximum atomic E-state index is 13.2. The second-order valence-electron chi connectivity index (χ2n) is 7.27. The minimum Gasteiger partial charge on any atom is -0.377 e. The third kappa shape index (κ3) is 3.93. The van der Waals surface area contributed by atoms with Crippen LogP contribution in [0.3, 0.4) is 0 Å². The van der Waals surface area contributed by atoms with Crippen molar-refractivity contribution in [3.63, 3.8) is 0 Å². The summed E-state index contributed by atoms with van der Waals surface area (Å²) in [5.41, 5.74) is 3.18. The number of anilines is 1. The van der Waals surface area contributed by atoms with Crippen molar-refractivity contribution < 1.29 is 4.74 Å². The molecule has 0 bridgehead atoms. The van der Waals surface area contributed by atoms with Crippen LogP contribution in [0, 0.1) is 0 Å². The molecule has 1 atom stereocenters. The molecule has 3 aromatic rings. The van der Waals surface area contributed by atoms with Crippen LogP contribution in [0.1, 0.15) is 18.4 Å². The fourth-order valence-electron chi connectivity index (χ4n) is 3.62. The number of nitrogens with zero attached hydrogens (tertiary/aromatic N) is 3. The number of hydrogen-bond acceptors (Lipinski definition) is 5. The highest BCUT2D eigenvalue weighted by molar-refractivity contribution is 7.98. The average molecular weight is 396 g/mol. The number of ether oxygens (including phenoxy) is 1. The van der Waals surface area contributed by atoms with Gasteiger partial charge in [-0.25, -0.2) is 4.98 Å². The summed E-state index contributed by atoms with van der Waals surface area (Å²) in [7, 11) is 4.09. The molecule has 0 radical (unpaired) electrons. The van der Waals surface area contributed by atoms with Gasteiger partial charge in [-0.15, -0.1) is 0 Å². The van der Waals surface area contributed by atoms with E-state index in [0.717, 1.165) is 35.9 Å². The van der Waals surface area contributed by atoms with Crippen LogP contribution >= 0.6 is 11.8 Å². The number of para-hydroxylation sites is 2. The normalized spacial score (nSPS) is 16.6. The number of aromatic nitrogens is 2. The Bertz CT molecular complexity index is 1030. The molecule has 6 heteroatoms. The molecule has 0 amide bonds. The summed E-state index contributed by atoms with van der Waals surface area (Å²) in [6.07, 6.45) is 2.14. The van der Waals surface area contributed by atoms with Gasteiger partial charge in [0, 0.05) is 32.1 Å². The van der Waals surface area contributed by atoms with Crippen LogP contribution in [-0.2, 0) is 17.0 Å². The van der Waals surface area contributed by atoms with Crippen LogP contribution in [0.2, 0.25) is 0 Å². The van der Waals surface area contributed by atoms with E-state index in [0.29, 0.717) is 11.9 Å². The minimum absolute atomic E-state index is 0.0181. The molecule has 0 saturated carbocycles. The second-order valence-corrected chi connectivity index (χ2v) is 8.22. The molecule has 1 saturated heterocycles. The fourth-order valence-corrected chi connectivity index (χ4v) is 4.63. The zero-order chi connectivity index (χ0) is 19.5. The third-order valence-corrected chi connectivity index (χ3v) is 6.09. The Labute approximate surface area is 169 Å². The van der Waals surface area contributed by atoms with Gasteiger partial charge >= 0.3 is 0 Å². The molecule has 2 aromatic carbocycles. The lowest BCUT2D eigenvalue weighted by atomic mass is 10.2. The topological polar surface area (TPSA) is 47.4 Å². The van der Waals surface area contributed by atoms with Crippen LogP contribution in [-0.4, -0.2) is 36.4 Å². The van der Waals surface area contributed by atoms with Crippen molar-refractivity contribution in [2.75, 3.05) is 25.6 Å². The Hall–Kier alpha value is -2.31. The highest BCUT2D eigenvalue weighted by Crippen LogP contribution is 2.28. The predicted molar refractivity (Wildman–Crippen MR) is 115 cm³/mol. The van der Waals surface area contributed by atoms with E-state index < -0.39 is 0 Å². The molecule has 1 aliphatic heterocycles. The van der Waals surface area contributed by atoms with Crippen LogP contribution in [0.4, 0.5) is 5.69 Å². The van der Waals surface area contributed by atoms with Crippen LogP contribution in [0.25, 0.3) is 10.9 Å². The van der Waals surface area contributed by atoms with E-state index in [1.165, 1.54) is 11.3 Å². The van der Waals surface area contributed by atoms with E-state index in [1.807, 2.05) is 44.4 Å². The van der Waals surface area contributed by atoms with Gasteiger partial charge < -0.3 is 9.64 Å². The molecule has 1 aliphatic rings. The lowest BCUT2D eigenvalue weighted by Crippen LogP contribution is -2.28. The van der Waals surface area contributed by atoms with Crippen molar-refractivity contribution in [1.82, 2.24) is 9.55 Å². The number of benzene rings is 2. The van der Waals surface area contributed by atoms with Gasteiger partial charge in [0.15, 0.2) is 5.16 Å². The van der Waals surface area contributed by atoms with Crippen LogP contribution < -0.4 is 10.5 Å². The first-order valence-electron chi connectivity index (χ1n) is 9.62. The third-order valence-electron chi connectivity index (χ3n) is 5.07. The Balaban J connectivity index is 1.69. The number of hydrogen-bond donors (Lipinski definition) is 0. The van der Waals surface area contributed by atoms with Gasteiger partial charge in [0.1, 0.15) is 0 Å². The van der Waals surface area contributed by atoms with Crippen molar-refractivity contribution in [1.29, 1.82) is 0 Å². The average Bonchev–Trinajstić information content (AvgIpc) is 3.22. The quantitative estimate of drug-likeness (QED) is 0.467. The molecule has 0 spiro atoms. The van der Waals surface area contributed by atoms with E-state index in [4.69, 9.17) is 9.72 Å². The molecule has 0 aliphatic carbocycles. The van der Waals surface area contributed by atoms with Gasteiger partial charge in [-0.3, -0.25) is 9.36 Å². The highest BCUT2D eigenvalue weighted by atomic mass is 32.2. The Morgan fingerprint density at radius 3 is 2.75 bits per heavy atom. The van der Waals surface area contributed by atoms with Gasteiger partial charge in [0.25, 0.3) is 5.56 Å². The first-order valence-corrected chi connectivity index (χ1v) is 10.6. The monoisotopic (exact) mass is 395 g/mol. The van der Waals surface area contributed by atoms with Crippen molar-refractivity contribution in [3.05, 3.63) is 64.4 Å². The molecule has 1 aromatic heterocycles. The molecular formula is C22H25N3O2S. The standard InChI is InChI=1S/C22H25N3O2S/c1-24(2)20-12-6-3-8-16(20)15-28-22-23-19-11-5-4-10-18(19)21(26)25(22)14-17-9-7-13-27-17/h3-6,8,10-12,17H,7,9,13-15H2,1-2H3/t17-/m1/s1. The molecule has 146 valence electrons. The first kappa shape index (κ1) is 19.0. The molecule has 0 N–H and O–H groups in total. The molecular weight excluding hydrogens is 370 g/mol. The van der Waals surface area contributed by atoms with Crippen molar-refractivity contribution in [2.45, 2.75) is 36.4 Å². The highest BCUT2D eigenvalue weighted by Gasteiger charge is 2.20. The number of thioether (sulfide) groups is 1. The lowest BCUT2D eigenvalue weighted by molar-refractivity contribution is 0.0937. The molecule has 1 fully saturated rings. The Kier molecular flexibility index (Phi) is 5.69. The maximum Gasteiger partial charge on any atom is 0.262 e. The minimum atomic E-state index is 0.0181. The van der Waals surface area contributed by atoms with Crippen LogP contribution in [0.5, 0.6) is 0 Å². The largest absolute Gasteiger partial charge is 0.377 e. The summed E-state index contributed by atoms with van der Waals surface area (Å²) < 4.78 is 7.60. The van der Waals surface area contributed by atoms with Gasteiger partial charge in [-0.05, 0) is 36.6 Å². The van der Waals surface area contributed by atoms with E-state index in [9.17, 15) is 4.79 Å². The summed E-state index contributed by atoms with van der Waals surface area (Å²) in [6, 6.07) is 15.9. The molecule has 0 unspecified atom stereocenters. The SMILES string of the molecule is CN(C)c1ccccc1CSc1nc2ccccc2c(=O)n1C[C@H]1CCCO1. The smallest absolute Gasteiger partial charge is 0.262 e. The summed E-state index contributed by atoms with van der Waals surface area (Å²) in [4.78, 5) is 20.1. The summed E-state index contributed by atoms with van der Waals surface area (Å²) in [5.74, 6) is 0.755. The number of fused-ring (bicyclic) bond motifs is 1. The van der Waals surface area contributed by atoms with E-state index in [2.05, 4.69) is 23.1 Å².